The summed E-state index contributed by atoms with van der Waals surface area (Å²) in [4.78, 5) is 11.8. The van der Waals surface area contributed by atoms with Gasteiger partial charge in [-0.2, -0.15) is 5.10 Å². The Kier molecular flexibility index (Phi) is 4.42. The zero-order chi connectivity index (χ0) is 16.1. The van der Waals surface area contributed by atoms with E-state index >= 15 is 0 Å². The van der Waals surface area contributed by atoms with Crippen molar-refractivity contribution in [2.75, 3.05) is 13.9 Å². The van der Waals surface area contributed by atoms with Crippen molar-refractivity contribution in [3.8, 4) is 17.2 Å². The van der Waals surface area contributed by atoms with Gasteiger partial charge in [-0.1, -0.05) is 12.1 Å². The van der Waals surface area contributed by atoms with Crippen LogP contribution in [-0.2, 0) is 11.2 Å². The molecule has 0 bridgehead atoms. The van der Waals surface area contributed by atoms with E-state index < -0.39 is 0 Å². The Hall–Kier alpha value is -3.02. The Labute approximate surface area is 133 Å². The Morgan fingerprint density at radius 1 is 1.22 bits per heavy atom. The molecule has 0 radical (unpaired) electrons. The maximum absolute atomic E-state index is 11.8. The minimum atomic E-state index is -0.188. The first-order valence-electron chi connectivity index (χ1n) is 7.09. The van der Waals surface area contributed by atoms with Crippen LogP contribution in [0.5, 0.6) is 17.2 Å². The van der Waals surface area contributed by atoms with E-state index in [2.05, 4.69) is 10.5 Å². The van der Waals surface area contributed by atoms with Gasteiger partial charge in [0.15, 0.2) is 11.5 Å². The molecule has 0 aliphatic carbocycles. The van der Waals surface area contributed by atoms with Gasteiger partial charge in [0.25, 0.3) is 0 Å². The first kappa shape index (κ1) is 14.9. The zero-order valence-corrected chi connectivity index (χ0v) is 12.6. The number of rotatable bonds is 5. The molecule has 3 rings (SSSR count). The summed E-state index contributed by atoms with van der Waals surface area (Å²) in [6.07, 6.45) is 1.82. The molecule has 0 aromatic heterocycles. The van der Waals surface area contributed by atoms with Gasteiger partial charge in [-0.05, 0) is 41.5 Å². The number of fused-ring (bicyclic) bond motifs is 1. The van der Waals surface area contributed by atoms with Crippen molar-refractivity contribution in [3.05, 3.63) is 53.6 Å². The predicted molar refractivity (Wildman–Crippen MR) is 85.0 cm³/mol. The number of carbonyl (C=O) groups is 1. The highest BCUT2D eigenvalue weighted by atomic mass is 16.7. The molecule has 1 aliphatic rings. The van der Waals surface area contributed by atoms with Gasteiger partial charge in [-0.15, -0.1) is 0 Å². The summed E-state index contributed by atoms with van der Waals surface area (Å²) in [5.74, 6) is 1.96. The Morgan fingerprint density at radius 3 is 2.78 bits per heavy atom. The third kappa shape index (κ3) is 3.79. The molecule has 1 amide bonds. The van der Waals surface area contributed by atoms with Crippen LogP contribution in [-0.4, -0.2) is 26.0 Å². The van der Waals surface area contributed by atoms with Gasteiger partial charge in [0, 0.05) is 0 Å². The smallest absolute Gasteiger partial charge is 0.244 e. The number of ether oxygens (including phenoxy) is 3. The van der Waals surface area contributed by atoms with Crippen LogP contribution in [0.2, 0.25) is 0 Å². The van der Waals surface area contributed by atoms with Gasteiger partial charge in [0.2, 0.25) is 12.7 Å². The molecule has 0 atom stereocenters. The lowest BCUT2D eigenvalue weighted by Crippen LogP contribution is -2.19. The molecule has 1 aliphatic heterocycles. The molecule has 0 saturated carbocycles. The predicted octanol–water partition coefficient (Wildman–Crippen LogP) is 2.12. The Bertz CT molecular complexity index is 726. The number of hydrogen-bond donors (Lipinski definition) is 1. The quantitative estimate of drug-likeness (QED) is 0.678. The molecule has 0 fully saturated rings. The second-order valence-electron chi connectivity index (χ2n) is 4.93. The molecule has 2 aromatic rings. The van der Waals surface area contributed by atoms with E-state index in [9.17, 15) is 4.79 Å². The molecule has 0 unspecified atom stereocenters. The van der Waals surface area contributed by atoms with E-state index in [1.54, 1.807) is 13.3 Å². The van der Waals surface area contributed by atoms with Gasteiger partial charge < -0.3 is 14.2 Å². The fourth-order valence-corrected chi connectivity index (χ4v) is 2.14. The van der Waals surface area contributed by atoms with Crippen LogP contribution >= 0.6 is 0 Å². The standard InChI is InChI=1S/C17H16N2O4/c1-21-14-5-2-12(3-6-14)9-17(20)19-18-10-13-4-7-15-16(8-13)23-11-22-15/h2-8,10H,9,11H2,1H3,(H,19,20). The molecule has 6 nitrogen and oxygen atoms in total. The fourth-order valence-electron chi connectivity index (χ4n) is 2.14. The number of methoxy groups -OCH3 is 1. The van der Waals surface area contributed by atoms with Gasteiger partial charge in [-0.3, -0.25) is 4.79 Å². The molecule has 0 spiro atoms. The van der Waals surface area contributed by atoms with Crippen LogP contribution < -0.4 is 19.6 Å². The molecule has 23 heavy (non-hydrogen) atoms. The minimum Gasteiger partial charge on any atom is -0.497 e. The van der Waals surface area contributed by atoms with E-state index in [4.69, 9.17) is 14.2 Å². The van der Waals surface area contributed by atoms with Crippen molar-refractivity contribution in [1.29, 1.82) is 0 Å². The van der Waals surface area contributed by atoms with Crippen molar-refractivity contribution >= 4 is 12.1 Å². The summed E-state index contributed by atoms with van der Waals surface area (Å²) in [6.45, 7) is 0.231. The van der Waals surface area contributed by atoms with Crippen LogP contribution in [0.3, 0.4) is 0 Å². The van der Waals surface area contributed by atoms with E-state index in [0.29, 0.717) is 11.5 Å². The highest BCUT2D eigenvalue weighted by Crippen LogP contribution is 2.31. The lowest BCUT2D eigenvalue weighted by atomic mass is 10.1. The molecule has 118 valence electrons. The molecular formula is C17H16N2O4. The van der Waals surface area contributed by atoms with Gasteiger partial charge in [0.05, 0.1) is 19.7 Å². The molecule has 1 heterocycles. The van der Waals surface area contributed by atoms with Gasteiger partial charge in [-0.25, -0.2) is 5.43 Å². The highest BCUT2D eigenvalue weighted by molar-refractivity contribution is 5.84. The zero-order valence-electron chi connectivity index (χ0n) is 12.6. The Morgan fingerprint density at radius 2 is 2.00 bits per heavy atom. The highest BCUT2D eigenvalue weighted by Gasteiger charge is 2.12. The van der Waals surface area contributed by atoms with Crippen molar-refractivity contribution in [3.63, 3.8) is 0 Å². The number of nitrogens with one attached hydrogen (secondary N) is 1. The molecule has 1 N–H and O–H groups in total. The van der Waals surface area contributed by atoms with E-state index in [0.717, 1.165) is 16.9 Å². The number of nitrogens with zero attached hydrogens (tertiary/aromatic N) is 1. The number of amides is 1. The second kappa shape index (κ2) is 6.83. The topological polar surface area (TPSA) is 69.2 Å². The first-order valence-corrected chi connectivity index (χ1v) is 7.09. The average Bonchev–Trinajstić information content (AvgIpc) is 3.03. The van der Waals surface area contributed by atoms with Crippen LogP contribution in [0.1, 0.15) is 11.1 Å². The van der Waals surface area contributed by atoms with Crippen LogP contribution in [0.15, 0.2) is 47.6 Å². The monoisotopic (exact) mass is 312 g/mol. The van der Waals surface area contributed by atoms with E-state index in [1.165, 1.54) is 0 Å². The maximum Gasteiger partial charge on any atom is 0.244 e. The van der Waals surface area contributed by atoms with Crippen molar-refractivity contribution < 1.29 is 19.0 Å². The summed E-state index contributed by atoms with van der Waals surface area (Å²) in [5, 5.41) is 3.95. The largest absolute Gasteiger partial charge is 0.497 e. The summed E-state index contributed by atoms with van der Waals surface area (Å²) in [6, 6.07) is 12.8. The van der Waals surface area contributed by atoms with E-state index in [1.807, 2.05) is 42.5 Å². The lowest BCUT2D eigenvalue weighted by Gasteiger charge is -2.03. The lowest BCUT2D eigenvalue weighted by molar-refractivity contribution is -0.120. The summed E-state index contributed by atoms with van der Waals surface area (Å²) in [7, 11) is 1.60. The fraction of sp³-hybridized carbons (Fsp3) is 0.176. The van der Waals surface area contributed by atoms with E-state index in [-0.39, 0.29) is 19.1 Å². The van der Waals surface area contributed by atoms with Gasteiger partial charge >= 0.3 is 0 Å². The number of carbonyl (C=O) groups excluding carboxylic acids is 1. The Balaban J connectivity index is 1.53. The van der Waals surface area contributed by atoms with Crippen LogP contribution in [0.25, 0.3) is 0 Å². The molecular weight excluding hydrogens is 296 g/mol. The summed E-state index contributed by atoms with van der Waals surface area (Å²) >= 11 is 0. The normalized spacial score (nSPS) is 12.4. The molecule has 0 saturated heterocycles. The maximum atomic E-state index is 11.8. The van der Waals surface area contributed by atoms with Crippen LogP contribution in [0.4, 0.5) is 0 Å². The van der Waals surface area contributed by atoms with Gasteiger partial charge in [0.1, 0.15) is 5.75 Å². The number of benzene rings is 2. The summed E-state index contributed by atoms with van der Waals surface area (Å²) in [5.41, 5.74) is 4.21. The number of hydrazone groups is 1. The van der Waals surface area contributed by atoms with Crippen LogP contribution in [0, 0.1) is 0 Å². The second-order valence-corrected chi connectivity index (χ2v) is 4.93. The SMILES string of the molecule is COc1ccc(CC(=O)NN=Cc2ccc3c(c2)OCO3)cc1. The third-order valence-electron chi connectivity index (χ3n) is 3.32. The summed E-state index contributed by atoms with van der Waals surface area (Å²) < 4.78 is 15.6. The molecule has 6 heteroatoms. The molecule has 2 aromatic carbocycles. The van der Waals surface area contributed by atoms with Crippen molar-refractivity contribution in [2.24, 2.45) is 5.10 Å². The number of hydrogen-bond acceptors (Lipinski definition) is 5. The minimum absolute atomic E-state index is 0.188. The first-order chi connectivity index (χ1) is 11.2. The average molecular weight is 312 g/mol. The van der Waals surface area contributed by atoms with Crippen molar-refractivity contribution in [1.82, 2.24) is 5.43 Å². The third-order valence-corrected chi connectivity index (χ3v) is 3.32. The van der Waals surface area contributed by atoms with Crippen molar-refractivity contribution in [2.45, 2.75) is 6.42 Å².